The molecule has 236 valence electrons. The maximum Gasteiger partial charge on any atom is 0.170 e. The van der Waals surface area contributed by atoms with E-state index in [2.05, 4.69) is 131 Å². The number of nitrogens with zero attached hydrogens (tertiary/aromatic N) is 4. The van der Waals surface area contributed by atoms with Gasteiger partial charge in [0, 0.05) is 54.8 Å². The molecule has 0 amide bonds. The van der Waals surface area contributed by atoms with E-state index in [0.29, 0.717) is 0 Å². The molecule has 0 saturated carbocycles. The first-order valence-corrected chi connectivity index (χ1v) is 17.5. The average Bonchev–Trinajstić information content (AvgIpc) is 3.74. The molecule has 6 aromatic carbocycles. The SMILES string of the molecule is c1ccc(C2=NC(c3ccnc4sc5ccc(-c6ccc7c(c6)c6ccccc6n7-c6ccccc6)cc5c34)N=C(c3ccccc3)N2)cc1. The zero-order valence-electron chi connectivity index (χ0n) is 26.9. The monoisotopic (exact) mass is 659 g/mol. The topological polar surface area (TPSA) is 54.6 Å². The fraction of sp³-hybridized carbons (Fsp3) is 0.0227. The summed E-state index contributed by atoms with van der Waals surface area (Å²) in [7, 11) is 0. The highest BCUT2D eigenvalue weighted by Gasteiger charge is 2.24. The zero-order valence-corrected chi connectivity index (χ0v) is 27.7. The van der Waals surface area contributed by atoms with Crippen LogP contribution in [-0.2, 0) is 0 Å². The van der Waals surface area contributed by atoms with Gasteiger partial charge in [-0.15, -0.1) is 11.3 Å². The number of rotatable bonds is 5. The van der Waals surface area contributed by atoms with Crippen LogP contribution in [0, 0.1) is 0 Å². The van der Waals surface area contributed by atoms with E-state index < -0.39 is 6.17 Å². The van der Waals surface area contributed by atoms with Crippen LogP contribution < -0.4 is 5.32 Å². The smallest absolute Gasteiger partial charge is 0.170 e. The van der Waals surface area contributed by atoms with Crippen molar-refractivity contribution in [3.8, 4) is 16.8 Å². The van der Waals surface area contributed by atoms with Gasteiger partial charge in [0.1, 0.15) is 16.5 Å². The molecule has 1 aliphatic heterocycles. The van der Waals surface area contributed by atoms with Crippen LogP contribution in [0.4, 0.5) is 0 Å². The number of hydrogen-bond donors (Lipinski definition) is 1. The molecule has 0 fully saturated rings. The highest BCUT2D eigenvalue weighted by Crippen LogP contribution is 2.41. The molecule has 0 aliphatic carbocycles. The molecule has 4 heterocycles. The number of para-hydroxylation sites is 2. The fourth-order valence-electron chi connectivity index (χ4n) is 7.20. The Morgan fingerprint density at radius 1 is 0.520 bits per heavy atom. The van der Waals surface area contributed by atoms with Crippen LogP contribution in [0.25, 0.3) is 58.9 Å². The van der Waals surface area contributed by atoms with Gasteiger partial charge >= 0.3 is 0 Å². The van der Waals surface area contributed by atoms with Crippen molar-refractivity contribution in [1.29, 1.82) is 0 Å². The van der Waals surface area contributed by atoms with E-state index in [1.165, 1.54) is 37.5 Å². The van der Waals surface area contributed by atoms with Gasteiger partial charge in [0.15, 0.2) is 6.17 Å². The standard InChI is InChI=1S/C44H29N5S/c1-4-12-28(13-5-1)41-46-42(29-14-6-2-7-15-29)48-43(47-41)34-24-25-45-44-40(34)36-27-31(21-23-39(36)50-44)30-20-22-38-35(26-30)33-18-10-11-19-37(33)49(38)32-16-8-3-9-17-32/h1-27,43H,(H,46,47,48). The van der Waals surface area contributed by atoms with E-state index in [9.17, 15) is 0 Å². The number of fused-ring (bicyclic) bond motifs is 6. The van der Waals surface area contributed by atoms with Crippen molar-refractivity contribution in [1.82, 2.24) is 14.9 Å². The lowest BCUT2D eigenvalue weighted by molar-refractivity contribution is 0.762. The minimum Gasteiger partial charge on any atom is -0.324 e. The Kier molecular flexibility index (Phi) is 6.67. The van der Waals surface area contributed by atoms with E-state index in [1.807, 2.05) is 42.6 Å². The summed E-state index contributed by atoms with van der Waals surface area (Å²) in [5, 5.41) is 8.28. The Labute approximate surface area is 292 Å². The van der Waals surface area contributed by atoms with E-state index in [1.54, 1.807) is 11.3 Å². The highest BCUT2D eigenvalue weighted by atomic mass is 32.1. The zero-order chi connectivity index (χ0) is 33.0. The van der Waals surface area contributed by atoms with Crippen LogP contribution in [0.1, 0.15) is 22.9 Å². The number of hydrogen-bond acceptors (Lipinski definition) is 5. The molecule has 0 atom stereocenters. The van der Waals surface area contributed by atoms with Gasteiger partial charge in [-0.25, -0.2) is 15.0 Å². The second-order valence-corrected chi connectivity index (χ2v) is 13.5. The van der Waals surface area contributed by atoms with Gasteiger partial charge < -0.3 is 9.88 Å². The van der Waals surface area contributed by atoms with Gasteiger partial charge in [0.05, 0.1) is 11.0 Å². The molecule has 6 heteroatoms. The minimum absolute atomic E-state index is 0.436. The first-order valence-electron chi connectivity index (χ1n) is 16.7. The third-order valence-electron chi connectivity index (χ3n) is 9.54. The van der Waals surface area contributed by atoms with Gasteiger partial charge in [0.25, 0.3) is 0 Å². The minimum atomic E-state index is -0.436. The van der Waals surface area contributed by atoms with E-state index >= 15 is 0 Å². The summed E-state index contributed by atoms with van der Waals surface area (Å²) in [6.45, 7) is 0. The number of benzene rings is 6. The molecule has 0 bridgehead atoms. The van der Waals surface area contributed by atoms with E-state index in [4.69, 9.17) is 15.0 Å². The largest absolute Gasteiger partial charge is 0.324 e. The third kappa shape index (κ3) is 4.72. The molecule has 9 aromatic rings. The summed E-state index contributed by atoms with van der Waals surface area (Å²) >= 11 is 1.72. The summed E-state index contributed by atoms with van der Waals surface area (Å²) in [6.07, 6.45) is 1.45. The summed E-state index contributed by atoms with van der Waals surface area (Å²) in [6, 6.07) is 55.5. The lowest BCUT2D eigenvalue weighted by atomic mass is 9.99. The predicted octanol–water partition coefficient (Wildman–Crippen LogP) is 10.7. The summed E-state index contributed by atoms with van der Waals surface area (Å²) in [5.41, 5.74) is 8.98. The molecule has 1 N–H and O–H groups in total. The molecule has 3 aromatic heterocycles. The van der Waals surface area contributed by atoms with Gasteiger partial charge in [-0.2, -0.15) is 0 Å². The molecule has 50 heavy (non-hydrogen) atoms. The Morgan fingerprint density at radius 3 is 1.84 bits per heavy atom. The van der Waals surface area contributed by atoms with Crippen molar-refractivity contribution in [2.75, 3.05) is 0 Å². The quantitative estimate of drug-likeness (QED) is 0.200. The van der Waals surface area contributed by atoms with Gasteiger partial charge in [-0.05, 0) is 59.7 Å². The van der Waals surface area contributed by atoms with Crippen LogP contribution in [-0.4, -0.2) is 21.2 Å². The lowest BCUT2D eigenvalue weighted by Gasteiger charge is -2.22. The molecule has 10 rings (SSSR count). The van der Waals surface area contributed by atoms with Crippen molar-refractivity contribution in [3.05, 3.63) is 181 Å². The maximum atomic E-state index is 5.20. The van der Waals surface area contributed by atoms with Crippen molar-refractivity contribution < 1.29 is 0 Å². The first kappa shape index (κ1) is 28.6. The van der Waals surface area contributed by atoms with Crippen molar-refractivity contribution >= 4 is 65.1 Å². The van der Waals surface area contributed by atoms with Crippen LogP contribution in [0.15, 0.2) is 174 Å². The average molecular weight is 660 g/mol. The number of amidine groups is 2. The van der Waals surface area contributed by atoms with Gasteiger partial charge in [0.2, 0.25) is 0 Å². The van der Waals surface area contributed by atoms with Gasteiger partial charge in [-0.1, -0.05) is 109 Å². The molecular weight excluding hydrogens is 631 g/mol. The summed E-state index contributed by atoms with van der Waals surface area (Å²) in [4.78, 5) is 16.2. The number of nitrogens with one attached hydrogen (secondary N) is 1. The van der Waals surface area contributed by atoms with Gasteiger partial charge in [-0.3, -0.25) is 0 Å². The molecule has 0 unspecified atom stereocenters. The van der Waals surface area contributed by atoms with Crippen molar-refractivity contribution in [2.45, 2.75) is 6.17 Å². The predicted molar refractivity (Wildman–Crippen MR) is 209 cm³/mol. The van der Waals surface area contributed by atoms with Crippen molar-refractivity contribution in [3.63, 3.8) is 0 Å². The number of aromatic nitrogens is 2. The Balaban J connectivity index is 1.14. The van der Waals surface area contributed by atoms with E-state index in [-0.39, 0.29) is 0 Å². The second-order valence-electron chi connectivity index (χ2n) is 12.5. The number of aliphatic imine (C=N–C) groups is 2. The fourth-order valence-corrected chi connectivity index (χ4v) is 8.26. The lowest BCUT2D eigenvalue weighted by Crippen LogP contribution is -2.36. The van der Waals surface area contributed by atoms with Crippen LogP contribution in [0.3, 0.4) is 0 Å². The molecule has 5 nitrogen and oxygen atoms in total. The van der Waals surface area contributed by atoms with Crippen molar-refractivity contribution in [2.24, 2.45) is 9.98 Å². The number of pyridine rings is 1. The summed E-state index contributed by atoms with van der Waals surface area (Å²) in [5.74, 6) is 1.61. The molecule has 0 radical (unpaired) electrons. The number of thiophene rings is 1. The molecule has 1 aliphatic rings. The molecule has 0 saturated heterocycles. The first-order chi connectivity index (χ1) is 24.8. The third-order valence-corrected chi connectivity index (χ3v) is 10.6. The molecule has 0 spiro atoms. The highest BCUT2D eigenvalue weighted by molar-refractivity contribution is 7.25. The van der Waals surface area contributed by atoms with Crippen LogP contribution in [0.2, 0.25) is 0 Å². The summed E-state index contributed by atoms with van der Waals surface area (Å²) < 4.78 is 3.55. The molecular formula is C44H29N5S. The van der Waals surface area contributed by atoms with E-state index in [0.717, 1.165) is 49.8 Å². The normalized spacial score (nSPS) is 13.5. The Hall–Kier alpha value is -6.37. The maximum absolute atomic E-state index is 5.20. The Morgan fingerprint density at radius 2 is 1.12 bits per heavy atom. The van der Waals surface area contributed by atoms with Crippen LogP contribution >= 0.6 is 11.3 Å². The van der Waals surface area contributed by atoms with Crippen LogP contribution in [0.5, 0.6) is 0 Å². The second kappa shape index (κ2) is 11.7. The Bertz CT molecular complexity index is 2720.